The summed E-state index contributed by atoms with van der Waals surface area (Å²) < 4.78 is 13.8. The van der Waals surface area contributed by atoms with Gasteiger partial charge in [0, 0.05) is 0 Å². The molecule has 0 saturated heterocycles. The summed E-state index contributed by atoms with van der Waals surface area (Å²) in [4.78, 5) is 26.2. The maximum atomic E-state index is 13.0. The van der Waals surface area contributed by atoms with E-state index >= 15 is 0 Å². The molecule has 0 radical (unpaired) electrons. The zero-order valence-electron chi connectivity index (χ0n) is 8.35. The first-order valence-electron chi connectivity index (χ1n) is 4.56. The SMILES string of the molecule is O=C(O)Cn1c(Cl)nc2ccc(F)cc2c1=O. The van der Waals surface area contributed by atoms with Gasteiger partial charge in [-0.15, -0.1) is 0 Å². The van der Waals surface area contributed by atoms with Gasteiger partial charge in [0.05, 0.1) is 10.9 Å². The van der Waals surface area contributed by atoms with Crippen LogP contribution >= 0.6 is 11.6 Å². The zero-order chi connectivity index (χ0) is 12.6. The predicted molar refractivity (Wildman–Crippen MR) is 58.6 cm³/mol. The first kappa shape index (κ1) is 11.5. The van der Waals surface area contributed by atoms with E-state index in [-0.39, 0.29) is 16.2 Å². The minimum atomic E-state index is -1.23. The number of nitrogens with zero attached hydrogens (tertiary/aromatic N) is 2. The minimum Gasteiger partial charge on any atom is -0.480 e. The first-order valence-corrected chi connectivity index (χ1v) is 4.94. The fourth-order valence-corrected chi connectivity index (χ4v) is 1.67. The van der Waals surface area contributed by atoms with E-state index in [0.717, 1.165) is 16.7 Å². The van der Waals surface area contributed by atoms with E-state index in [2.05, 4.69) is 4.98 Å². The number of hydrogen-bond acceptors (Lipinski definition) is 3. The molecule has 0 aliphatic rings. The third-order valence-electron chi connectivity index (χ3n) is 2.16. The van der Waals surface area contributed by atoms with Crippen molar-refractivity contribution in [1.82, 2.24) is 9.55 Å². The van der Waals surface area contributed by atoms with Crippen LogP contribution in [0.15, 0.2) is 23.0 Å². The van der Waals surface area contributed by atoms with Crippen LogP contribution in [-0.2, 0) is 11.3 Å². The van der Waals surface area contributed by atoms with E-state index in [9.17, 15) is 14.0 Å². The molecule has 1 heterocycles. The van der Waals surface area contributed by atoms with Gasteiger partial charge in [-0.25, -0.2) is 9.37 Å². The van der Waals surface area contributed by atoms with Gasteiger partial charge in [-0.3, -0.25) is 14.2 Å². The summed E-state index contributed by atoms with van der Waals surface area (Å²) in [7, 11) is 0. The number of carbonyl (C=O) groups is 1. The number of benzene rings is 1. The van der Waals surface area contributed by atoms with Crippen molar-refractivity contribution in [2.24, 2.45) is 0 Å². The molecule has 0 atom stereocenters. The van der Waals surface area contributed by atoms with Crippen molar-refractivity contribution in [3.05, 3.63) is 39.7 Å². The van der Waals surface area contributed by atoms with Gasteiger partial charge in [0.15, 0.2) is 0 Å². The second-order valence-electron chi connectivity index (χ2n) is 3.33. The minimum absolute atomic E-state index is 0.00403. The zero-order valence-corrected chi connectivity index (χ0v) is 9.11. The summed E-state index contributed by atoms with van der Waals surface area (Å²) in [5, 5.41) is 8.38. The van der Waals surface area contributed by atoms with Crippen molar-refractivity contribution in [2.75, 3.05) is 0 Å². The largest absolute Gasteiger partial charge is 0.480 e. The maximum absolute atomic E-state index is 13.0. The normalized spacial score (nSPS) is 10.7. The average molecular weight is 257 g/mol. The quantitative estimate of drug-likeness (QED) is 0.822. The number of hydrogen-bond donors (Lipinski definition) is 1. The third-order valence-corrected chi connectivity index (χ3v) is 2.45. The molecule has 0 spiro atoms. The van der Waals surface area contributed by atoms with E-state index in [1.165, 1.54) is 6.07 Å². The highest BCUT2D eigenvalue weighted by molar-refractivity contribution is 6.28. The number of aromatic nitrogens is 2. The van der Waals surface area contributed by atoms with Crippen LogP contribution in [-0.4, -0.2) is 20.6 Å². The molecule has 0 aliphatic heterocycles. The molecule has 17 heavy (non-hydrogen) atoms. The van der Waals surface area contributed by atoms with Crippen molar-refractivity contribution in [3.63, 3.8) is 0 Å². The molecular weight excluding hydrogens is 251 g/mol. The van der Waals surface area contributed by atoms with E-state index in [1.807, 2.05) is 0 Å². The highest BCUT2D eigenvalue weighted by Crippen LogP contribution is 2.12. The molecule has 2 aromatic rings. The second-order valence-corrected chi connectivity index (χ2v) is 3.67. The predicted octanol–water partition coefficient (Wildman–Crippen LogP) is 1.27. The van der Waals surface area contributed by atoms with Gasteiger partial charge >= 0.3 is 5.97 Å². The van der Waals surface area contributed by atoms with Crippen molar-refractivity contribution >= 4 is 28.5 Å². The van der Waals surface area contributed by atoms with E-state index in [1.54, 1.807) is 0 Å². The van der Waals surface area contributed by atoms with Crippen LogP contribution in [0.5, 0.6) is 0 Å². The van der Waals surface area contributed by atoms with Crippen LogP contribution in [0.1, 0.15) is 0 Å². The van der Waals surface area contributed by atoms with Gasteiger partial charge < -0.3 is 5.11 Å². The van der Waals surface area contributed by atoms with Gasteiger partial charge in [-0.1, -0.05) is 0 Å². The summed E-state index contributed by atoms with van der Waals surface area (Å²) in [6.45, 7) is -0.614. The lowest BCUT2D eigenvalue weighted by molar-refractivity contribution is -0.137. The summed E-state index contributed by atoms with van der Waals surface area (Å²) in [5.74, 6) is -1.83. The van der Waals surface area contributed by atoms with E-state index in [4.69, 9.17) is 16.7 Å². The molecular formula is C10H6ClFN2O3. The average Bonchev–Trinajstić information content (AvgIpc) is 2.25. The highest BCUT2D eigenvalue weighted by atomic mass is 35.5. The topological polar surface area (TPSA) is 72.2 Å². The molecule has 7 heteroatoms. The van der Waals surface area contributed by atoms with Gasteiger partial charge in [0.2, 0.25) is 5.28 Å². The lowest BCUT2D eigenvalue weighted by Crippen LogP contribution is -2.25. The van der Waals surface area contributed by atoms with Gasteiger partial charge in [0.1, 0.15) is 12.4 Å². The molecule has 0 aliphatic carbocycles. The number of aliphatic carboxylic acids is 1. The number of rotatable bonds is 2. The van der Waals surface area contributed by atoms with Crippen molar-refractivity contribution in [1.29, 1.82) is 0 Å². The van der Waals surface area contributed by atoms with Crippen LogP contribution < -0.4 is 5.56 Å². The Kier molecular flexibility index (Phi) is 2.81. The Bertz CT molecular complexity index is 668. The van der Waals surface area contributed by atoms with Gasteiger partial charge in [0.25, 0.3) is 5.56 Å². The van der Waals surface area contributed by atoms with E-state index < -0.39 is 23.9 Å². The molecule has 5 nitrogen and oxygen atoms in total. The molecule has 88 valence electrons. The standard InChI is InChI=1S/C10H6ClFN2O3/c11-10-13-7-2-1-5(12)3-6(7)9(17)14(10)4-8(15)16/h1-3H,4H2,(H,15,16). The maximum Gasteiger partial charge on any atom is 0.323 e. The summed E-state index contributed by atoms with van der Waals surface area (Å²) in [5.41, 5.74) is -0.454. The third kappa shape index (κ3) is 2.12. The molecule has 1 aromatic carbocycles. The van der Waals surface area contributed by atoms with Crippen molar-refractivity contribution in [3.8, 4) is 0 Å². The summed E-state index contributed by atoms with van der Waals surface area (Å²) in [6, 6.07) is 3.45. The highest BCUT2D eigenvalue weighted by Gasteiger charge is 2.12. The molecule has 0 fully saturated rings. The lowest BCUT2D eigenvalue weighted by Gasteiger charge is -2.06. The lowest BCUT2D eigenvalue weighted by atomic mass is 10.2. The molecule has 1 N–H and O–H groups in total. The Balaban J connectivity index is 2.78. The fourth-order valence-electron chi connectivity index (χ4n) is 1.44. The van der Waals surface area contributed by atoms with Gasteiger partial charge in [-0.2, -0.15) is 0 Å². The Morgan fingerprint density at radius 2 is 2.24 bits per heavy atom. The number of carboxylic acid groups (broad SMARTS) is 1. The van der Waals surface area contributed by atoms with Gasteiger partial charge in [-0.05, 0) is 29.8 Å². The number of fused-ring (bicyclic) bond motifs is 1. The Labute approximate surface area is 99.1 Å². The monoisotopic (exact) mass is 256 g/mol. The molecule has 0 unspecified atom stereocenters. The van der Waals surface area contributed by atoms with Crippen LogP contribution in [0.3, 0.4) is 0 Å². The fraction of sp³-hybridized carbons (Fsp3) is 0.100. The Morgan fingerprint density at radius 1 is 1.53 bits per heavy atom. The molecule has 2 rings (SSSR count). The smallest absolute Gasteiger partial charge is 0.323 e. The second kappa shape index (κ2) is 4.14. The van der Waals surface area contributed by atoms with E-state index in [0.29, 0.717) is 0 Å². The Morgan fingerprint density at radius 3 is 2.88 bits per heavy atom. The molecule has 0 bridgehead atoms. The van der Waals surface area contributed by atoms with Crippen molar-refractivity contribution < 1.29 is 14.3 Å². The molecule has 1 aromatic heterocycles. The number of carboxylic acids is 1. The number of halogens is 2. The van der Waals surface area contributed by atoms with Crippen molar-refractivity contribution in [2.45, 2.75) is 6.54 Å². The summed E-state index contributed by atoms with van der Waals surface area (Å²) >= 11 is 5.69. The van der Waals surface area contributed by atoms with Crippen LogP contribution in [0, 0.1) is 5.82 Å². The molecule has 0 saturated carbocycles. The first-order chi connectivity index (χ1) is 7.99. The summed E-state index contributed by atoms with van der Waals surface area (Å²) in [6.07, 6.45) is 0. The molecule has 0 amide bonds. The Hall–Kier alpha value is -1.95. The van der Waals surface area contributed by atoms with Crippen LogP contribution in [0.25, 0.3) is 10.9 Å². The van der Waals surface area contributed by atoms with Crippen LogP contribution in [0.2, 0.25) is 5.28 Å². The van der Waals surface area contributed by atoms with Crippen LogP contribution in [0.4, 0.5) is 4.39 Å².